The first-order valence-electron chi connectivity index (χ1n) is 9.52. The van der Waals surface area contributed by atoms with E-state index in [4.69, 9.17) is 0 Å². The number of allylic oxidation sites excluding steroid dienone is 1. The Hall–Kier alpha value is -3.15. The lowest BCUT2D eigenvalue weighted by Gasteiger charge is -2.11. The van der Waals surface area contributed by atoms with Crippen molar-refractivity contribution in [3.63, 3.8) is 0 Å². The van der Waals surface area contributed by atoms with Gasteiger partial charge in [0.1, 0.15) is 5.82 Å². The molecule has 0 spiro atoms. The fourth-order valence-corrected chi connectivity index (χ4v) is 2.98. The number of anilines is 2. The van der Waals surface area contributed by atoms with Crippen molar-refractivity contribution in [1.29, 1.82) is 0 Å². The molecule has 0 saturated heterocycles. The fourth-order valence-electron chi connectivity index (χ4n) is 2.98. The highest BCUT2D eigenvalue weighted by Crippen LogP contribution is 2.26. The molecule has 0 aliphatic rings. The zero-order chi connectivity index (χ0) is 21.6. The monoisotopic (exact) mass is 396 g/mol. The predicted octanol–water partition coefficient (Wildman–Crippen LogP) is 4.78. The standard InChI is InChI=1S/C23H29FN4O/c1-14-11-18(7-8-20(14)23(29)26-6)28-13-16(3)27-12-15(2)19-9-10-21(25-5)17(4)22(19)24/h7-12,25,28H,13H2,1-6H3,(H,26,29)/b15-12+,27-16+. The number of nitrogens with one attached hydrogen (secondary N) is 3. The van der Waals surface area contributed by atoms with Crippen LogP contribution in [0.25, 0.3) is 5.57 Å². The van der Waals surface area contributed by atoms with Crippen molar-refractivity contribution < 1.29 is 9.18 Å². The normalized spacial score (nSPS) is 12.0. The van der Waals surface area contributed by atoms with Gasteiger partial charge in [-0.15, -0.1) is 0 Å². The second-order valence-electron chi connectivity index (χ2n) is 6.99. The van der Waals surface area contributed by atoms with Gasteiger partial charge in [-0.1, -0.05) is 0 Å². The van der Waals surface area contributed by atoms with Crippen LogP contribution in [-0.2, 0) is 0 Å². The largest absolute Gasteiger partial charge is 0.388 e. The van der Waals surface area contributed by atoms with Crippen LogP contribution in [0, 0.1) is 19.7 Å². The zero-order valence-corrected chi connectivity index (χ0v) is 17.9. The van der Waals surface area contributed by atoms with Gasteiger partial charge in [0.15, 0.2) is 0 Å². The molecule has 3 N–H and O–H groups in total. The van der Waals surface area contributed by atoms with Gasteiger partial charge in [0, 0.05) is 54.1 Å². The molecular formula is C23H29FN4O. The van der Waals surface area contributed by atoms with E-state index in [1.54, 1.807) is 39.4 Å². The number of hydrogen-bond donors (Lipinski definition) is 3. The van der Waals surface area contributed by atoms with Crippen LogP contribution in [0.15, 0.2) is 41.5 Å². The molecule has 2 aromatic carbocycles. The van der Waals surface area contributed by atoms with Crippen molar-refractivity contribution in [3.8, 4) is 0 Å². The summed E-state index contributed by atoms with van der Waals surface area (Å²) in [6, 6.07) is 9.23. The molecule has 6 heteroatoms. The van der Waals surface area contributed by atoms with Crippen LogP contribution in [0.2, 0.25) is 0 Å². The second kappa shape index (κ2) is 9.87. The topological polar surface area (TPSA) is 65.5 Å². The van der Waals surface area contributed by atoms with E-state index in [1.807, 2.05) is 39.0 Å². The number of halogens is 1. The van der Waals surface area contributed by atoms with Crippen LogP contribution < -0.4 is 16.0 Å². The minimum Gasteiger partial charge on any atom is -0.388 e. The summed E-state index contributed by atoms with van der Waals surface area (Å²) in [5.74, 6) is -0.333. The first kappa shape index (κ1) is 22.1. The van der Waals surface area contributed by atoms with Crippen molar-refractivity contribution in [2.75, 3.05) is 31.3 Å². The third-order valence-electron chi connectivity index (χ3n) is 4.81. The molecule has 0 bridgehead atoms. The molecule has 0 radical (unpaired) electrons. The molecule has 29 heavy (non-hydrogen) atoms. The van der Waals surface area contributed by atoms with Gasteiger partial charge in [-0.25, -0.2) is 4.39 Å². The molecule has 1 amide bonds. The number of hydrogen-bond acceptors (Lipinski definition) is 4. The third-order valence-corrected chi connectivity index (χ3v) is 4.81. The highest BCUT2D eigenvalue weighted by Gasteiger charge is 2.10. The van der Waals surface area contributed by atoms with E-state index in [0.29, 0.717) is 23.2 Å². The zero-order valence-electron chi connectivity index (χ0n) is 17.9. The van der Waals surface area contributed by atoms with Crippen LogP contribution in [0.1, 0.15) is 40.9 Å². The molecule has 0 fully saturated rings. The Balaban J connectivity index is 2.08. The fraction of sp³-hybridized carbons (Fsp3) is 0.304. The van der Waals surface area contributed by atoms with Crippen LogP contribution in [-0.4, -0.2) is 32.3 Å². The molecule has 0 unspecified atom stereocenters. The Bertz CT molecular complexity index is 964. The van der Waals surface area contributed by atoms with Crippen molar-refractivity contribution in [2.24, 2.45) is 4.99 Å². The van der Waals surface area contributed by atoms with Gasteiger partial charge in [0.25, 0.3) is 5.91 Å². The molecule has 0 aliphatic heterocycles. The maximum absolute atomic E-state index is 14.6. The summed E-state index contributed by atoms with van der Waals surface area (Å²) in [7, 11) is 3.39. The van der Waals surface area contributed by atoms with E-state index < -0.39 is 0 Å². The molecule has 2 aromatic rings. The van der Waals surface area contributed by atoms with Crippen molar-refractivity contribution in [2.45, 2.75) is 27.7 Å². The van der Waals surface area contributed by atoms with Crippen molar-refractivity contribution >= 4 is 28.6 Å². The minimum absolute atomic E-state index is 0.0994. The first-order chi connectivity index (χ1) is 13.8. The number of carbonyl (C=O) groups excluding carboxylic acids is 1. The quantitative estimate of drug-likeness (QED) is 0.590. The number of carbonyl (C=O) groups is 1. The van der Waals surface area contributed by atoms with Crippen LogP contribution >= 0.6 is 0 Å². The lowest BCUT2D eigenvalue weighted by molar-refractivity contribution is 0.0962. The number of aliphatic imine (C=N–C) groups is 1. The van der Waals surface area contributed by atoms with Crippen LogP contribution in [0.4, 0.5) is 15.8 Å². The Morgan fingerprint density at radius 2 is 1.79 bits per heavy atom. The molecule has 0 aromatic heterocycles. The second-order valence-corrected chi connectivity index (χ2v) is 6.99. The smallest absolute Gasteiger partial charge is 0.251 e. The van der Waals surface area contributed by atoms with Crippen LogP contribution in [0.3, 0.4) is 0 Å². The molecule has 154 valence electrons. The Morgan fingerprint density at radius 3 is 2.41 bits per heavy atom. The van der Waals surface area contributed by atoms with Gasteiger partial charge < -0.3 is 16.0 Å². The van der Waals surface area contributed by atoms with E-state index in [-0.39, 0.29) is 11.7 Å². The average Bonchev–Trinajstić information content (AvgIpc) is 2.71. The number of aryl methyl sites for hydroxylation is 1. The molecule has 0 heterocycles. The summed E-state index contributed by atoms with van der Waals surface area (Å²) in [6.07, 6.45) is 1.69. The Kier molecular flexibility index (Phi) is 7.53. The van der Waals surface area contributed by atoms with E-state index in [1.165, 1.54) is 0 Å². The number of benzene rings is 2. The Morgan fingerprint density at radius 1 is 1.10 bits per heavy atom. The summed E-state index contributed by atoms with van der Waals surface area (Å²) in [6.45, 7) is 7.96. The van der Waals surface area contributed by atoms with Gasteiger partial charge in [-0.3, -0.25) is 9.79 Å². The third kappa shape index (κ3) is 5.44. The summed E-state index contributed by atoms with van der Waals surface area (Å²) >= 11 is 0. The maximum atomic E-state index is 14.6. The van der Waals surface area contributed by atoms with Gasteiger partial charge >= 0.3 is 0 Å². The minimum atomic E-state index is -0.233. The van der Waals surface area contributed by atoms with Gasteiger partial charge in [0.05, 0.1) is 6.54 Å². The summed E-state index contributed by atoms with van der Waals surface area (Å²) in [4.78, 5) is 16.2. The predicted molar refractivity (Wildman–Crippen MR) is 121 cm³/mol. The number of nitrogens with zero attached hydrogens (tertiary/aromatic N) is 1. The van der Waals surface area contributed by atoms with E-state index in [0.717, 1.165) is 28.2 Å². The number of amides is 1. The molecule has 0 aliphatic carbocycles. The number of rotatable bonds is 7. The lowest BCUT2D eigenvalue weighted by atomic mass is 10.0. The lowest BCUT2D eigenvalue weighted by Crippen LogP contribution is -2.19. The van der Waals surface area contributed by atoms with Gasteiger partial charge in [-0.2, -0.15) is 0 Å². The highest BCUT2D eigenvalue weighted by atomic mass is 19.1. The SMILES string of the molecule is CNC(=O)c1ccc(NC/C(C)=N/C=C(\C)c2ccc(NC)c(C)c2F)cc1C. The highest BCUT2D eigenvalue weighted by molar-refractivity contribution is 5.96. The van der Waals surface area contributed by atoms with E-state index >= 15 is 0 Å². The van der Waals surface area contributed by atoms with Crippen LogP contribution in [0.5, 0.6) is 0 Å². The van der Waals surface area contributed by atoms with Crippen molar-refractivity contribution in [1.82, 2.24) is 5.32 Å². The van der Waals surface area contributed by atoms with E-state index in [9.17, 15) is 9.18 Å². The van der Waals surface area contributed by atoms with Gasteiger partial charge in [-0.05, 0) is 69.2 Å². The maximum Gasteiger partial charge on any atom is 0.251 e. The molecule has 2 rings (SSSR count). The van der Waals surface area contributed by atoms with Gasteiger partial charge in [0.2, 0.25) is 0 Å². The molecule has 5 nitrogen and oxygen atoms in total. The Labute approximate surface area is 172 Å². The molecular weight excluding hydrogens is 367 g/mol. The average molecular weight is 397 g/mol. The summed E-state index contributed by atoms with van der Waals surface area (Å²) in [5, 5.41) is 8.91. The van der Waals surface area contributed by atoms with E-state index in [2.05, 4.69) is 20.9 Å². The van der Waals surface area contributed by atoms with Crippen molar-refractivity contribution in [3.05, 3.63) is 64.6 Å². The first-order valence-corrected chi connectivity index (χ1v) is 9.52. The summed E-state index contributed by atoms with van der Waals surface area (Å²) in [5.41, 5.74) is 6.01. The summed E-state index contributed by atoms with van der Waals surface area (Å²) < 4.78 is 14.6. The molecule has 0 atom stereocenters. The molecule has 0 saturated carbocycles.